The van der Waals surface area contributed by atoms with Crippen molar-refractivity contribution in [3.63, 3.8) is 0 Å². The Hall–Kier alpha value is -1.91. The Labute approximate surface area is 216 Å². The van der Waals surface area contributed by atoms with E-state index in [0.717, 1.165) is 57.1 Å². The first-order valence-electron chi connectivity index (χ1n) is 14.1. The van der Waals surface area contributed by atoms with E-state index in [9.17, 15) is 10.0 Å². The maximum Gasteiger partial charge on any atom is 0.159 e. The third-order valence-electron chi connectivity index (χ3n) is 12.7. The van der Waals surface area contributed by atoms with Crippen molar-refractivity contribution in [3.8, 4) is 0 Å². The predicted molar refractivity (Wildman–Crippen MR) is 140 cm³/mol. The molecule has 0 amide bonds. The van der Waals surface area contributed by atoms with Gasteiger partial charge in [0.2, 0.25) is 0 Å². The highest BCUT2D eigenvalue weighted by Crippen LogP contribution is 2.74. The highest BCUT2D eigenvalue weighted by atomic mass is 16.5. The molecule has 1 aromatic heterocycles. The van der Waals surface area contributed by atoms with Crippen LogP contribution in [0.2, 0.25) is 0 Å². The van der Waals surface area contributed by atoms with Gasteiger partial charge in [0.1, 0.15) is 5.76 Å². The van der Waals surface area contributed by atoms with Gasteiger partial charge in [-0.25, -0.2) is 0 Å². The molecule has 0 saturated heterocycles. The second-order valence-corrected chi connectivity index (χ2v) is 15.2. The highest BCUT2D eigenvalue weighted by Gasteiger charge is 2.69. The number of hydrogen-bond acceptors (Lipinski definition) is 5. The van der Waals surface area contributed by atoms with Crippen LogP contribution in [-0.2, 0) is 16.6 Å². The van der Waals surface area contributed by atoms with Crippen LogP contribution in [0.25, 0.3) is 0 Å². The molecule has 0 spiro atoms. The number of oxime groups is 1. The summed E-state index contributed by atoms with van der Waals surface area (Å²) in [6, 6.07) is 0. The van der Waals surface area contributed by atoms with E-state index in [1.54, 1.807) is 0 Å². The molecule has 3 saturated carbocycles. The van der Waals surface area contributed by atoms with E-state index in [4.69, 9.17) is 4.52 Å². The maximum atomic E-state index is 14.4. The SMILES string of the molecule is CC1(C)CC[C@]2(/C=N\O)CC[C@]3(C)[C@H](C(=O)C=C4[C@@]5(C)Cc6cnoc6C(C)(C)[C@@H]5CC[C@]43C)[C@@H]2C1. The molecule has 1 heterocycles. The third kappa shape index (κ3) is 2.81. The normalized spacial score (nSPS) is 46.7. The molecular formula is C31H44N2O3. The lowest BCUT2D eigenvalue weighted by Gasteiger charge is -2.69. The van der Waals surface area contributed by atoms with E-state index in [1.807, 2.05) is 12.4 Å². The Morgan fingerprint density at radius 1 is 1.06 bits per heavy atom. The number of hydrogen-bond donors (Lipinski definition) is 1. The summed E-state index contributed by atoms with van der Waals surface area (Å²) in [5, 5.41) is 17.5. The van der Waals surface area contributed by atoms with Crippen LogP contribution in [-0.4, -0.2) is 22.4 Å². The largest absolute Gasteiger partial charge is 0.411 e. The minimum absolute atomic E-state index is 0.0273. The lowest BCUT2D eigenvalue weighted by Crippen LogP contribution is -2.65. The summed E-state index contributed by atoms with van der Waals surface area (Å²) in [6.07, 6.45) is 14.1. The number of aromatic nitrogens is 1. The number of carbonyl (C=O) groups is 1. The second-order valence-electron chi connectivity index (χ2n) is 15.2. The molecule has 6 rings (SSSR count). The zero-order chi connectivity index (χ0) is 25.9. The van der Waals surface area contributed by atoms with E-state index in [1.165, 1.54) is 11.1 Å². The van der Waals surface area contributed by atoms with Crippen LogP contribution >= 0.6 is 0 Å². The molecule has 3 fully saturated rings. The molecule has 0 unspecified atom stereocenters. The fourth-order valence-corrected chi connectivity index (χ4v) is 10.7. The molecule has 5 aliphatic carbocycles. The van der Waals surface area contributed by atoms with E-state index >= 15 is 0 Å². The summed E-state index contributed by atoms with van der Waals surface area (Å²) in [4.78, 5) is 14.4. The van der Waals surface area contributed by atoms with E-state index in [-0.39, 0.29) is 44.3 Å². The average molecular weight is 493 g/mol. The first kappa shape index (κ1) is 24.4. The minimum atomic E-state index is -0.170. The van der Waals surface area contributed by atoms with E-state index in [0.29, 0.717) is 11.7 Å². The van der Waals surface area contributed by atoms with Crippen LogP contribution in [0.5, 0.6) is 0 Å². The lowest BCUT2D eigenvalue weighted by atomic mass is 9.34. The fraction of sp³-hybridized carbons (Fsp3) is 0.774. The van der Waals surface area contributed by atoms with Gasteiger partial charge in [0.05, 0.1) is 12.4 Å². The van der Waals surface area contributed by atoms with Crippen LogP contribution in [0, 0.1) is 44.8 Å². The molecule has 5 heteroatoms. The van der Waals surface area contributed by atoms with Gasteiger partial charge in [-0.3, -0.25) is 4.79 Å². The standard InChI is InChI=1S/C31H44N2O3/c1-26(2)10-12-31(18-32-35)13-11-30(7)24(20(31)16-26)21(34)14-23-28(5)15-19-17-33-36-25(19)27(3,4)22(28)8-9-29(23,30)6/h14,17-18,20,22,24,35H,8-13,15-16H2,1-7H3/b32-18-/t20-,22-,24-,28-,29+,30+,31+/m0/s1. The Kier molecular flexibility index (Phi) is 4.84. The zero-order valence-corrected chi connectivity index (χ0v) is 23.3. The summed E-state index contributed by atoms with van der Waals surface area (Å²) >= 11 is 0. The average Bonchev–Trinajstić information content (AvgIpc) is 3.25. The Morgan fingerprint density at radius 3 is 2.50 bits per heavy atom. The van der Waals surface area contributed by atoms with Gasteiger partial charge in [-0.1, -0.05) is 59.2 Å². The summed E-state index contributed by atoms with van der Waals surface area (Å²) in [6.45, 7) is 16.7. The van der Waals surface area contributed by atoms with Crippen LogP contribution in [0.15, 0.2) is 27.5 Å². The zero-order valence-electron chi connectivity index (χ0n) is 23.3. The van der Waals surface area contributed by atoms with Crippen LogP contribution in [0.1, 0.15) is 105 Å². The molecule has 1 N–H and O–H groups in total. The molecule has 7 atom stereocenters. The molecule has 0 aromatic carbocycles. The summed E-state index contributed by atoms with van der Waals surface area (Å²) in [7, 11) is 0. The number of allylic oxidation sites excluding steroid dienone is 2. The summed E-state index contributed by atoms with van der Waals surface area (Å²) in [5.41, 5.74) is 2.27. The van der Waals surface area contributed by atoms with Crippen molar-refractivity contribution in [1.29, 1.82) is 0 Å². The fourth-order valence-electron chi connectivity index (χ4n) is 10.7. The molecule has 5 aliphatic rings. The maximum absolute atomic E-state index is 14.4. The number of ketones is 1. The van der Waals surface area contributed by atoms with Gasteiger partial charge in [0.15, 0.2) is 5.78 Å². The number of rotatable bonds is 1. The summed E-state index contributed by atoms with van der Waals surface area (Å²) < 4.78 is 5.80. The second kappa shape index (κ2) is 7.14. The molecule has 196 valence electrons. The molecule has 1 aromatic rings. The van der Waals surface area contributed by atoms with E-state index in [2.05, 4.69) is 64.9 Å². The van der Waals surface area contributed by atoms with Gasteiger partial charge < -0.3 is 9.73 Å². The van der Waals surface area contributed by atoms with Gasteiger partial charge in [-0.15, -0.1) is 5.16 Å². The Balaban J connectivity index is 1.51. The number of fused-ring (bicyclic) bond motifs is 8. The smallest absolute Gasteiger partial charge is 0.159 e. The van der Waals surface area contributed by atoms with Crippen molar-refractivity contribution in [1.82, 2.24) is 5.16 Å². The minimum Gasteiger partial charge on any atom is -0.411 e. The van der Waals surface area contributed by atoms with Crippen molar-refractivity contribution in [2.45, 2.75) is 105 Å². The van der Waals surface area contributed by atoms with Crippen LogP contribution < -0.4 is 0 Å². The molecule has 0 aliphatic heterocycles. The molecule has 36 heavy (non-hydrogen) atoms. The highest BCUT2D eigenvalue weighted by molar-refractivity contribution is 5.96. The van der Waals surface area contributed by atoms with Crippen molar-refractivity contribution in [3.05, 3.63) is 29.2 Å². The van der Waals surface area contributed by atoms with Gasteiger partial charge in [-0.05, 0) is 90.9 Å². The molecular weight excluding hydrogens is 448 g/mol. The van der Waals surface area contributed by atoms with Gasteiger partial charge >= 0.3 is 0 Å². The van der Waals surface area contributed by atoms with Crippen molar-refractivity contribution in [2.24, 2.45) is 50.0 Å². The van der Waals surface area contributed by atoms with E-state index < -0.39 is 0 Å². The van der Waals surface area contributed by atoms with Crippen molar-refractivity contribution < 1.29 is 14.5 Å². The van der Waals surface area contributed by atoms with Gasteiger partial charge in [-0.2, -0.15) is 0 Å². The number of carbonyl (C=O) groups excluding carboxylic acids is 1. The molecule has 0 radical (unpaired) electrons. The number of nitrogens with zero attached hydrogens (tertiary/aromatic N) is 2. The van der Waals surface area contributed by atoms with Crippen LogP contribution in [0.3, 0.4) is 0 Å². The van der Waals surface area contributed by atoms with Crippen LogP contribution in [0.4, 0.5) is 0 Å². The third-order valence-corrected chi connectivity index (χ3v) is 12.7. The first-order valence-corrected chi connectivity index (χ1v) is 14.1. The Morgan fingerprint density at radius 2 is 1.78 bits per heavy atom. The summed E-state index contributed by atoms with van der Waals surface area (Å²) in [5.74, 6) is 1.96. The van der Waals surface area contributed by atoms with Gasteiger partial charge in [0.25, 0.3) is 0 Å². The Bertz CT molecular complexity index is 1180. The monoisotopic (exact) mass is 492 g/mol. The first-order chi connectivity index (χ1) is 16.7. The predicted octanol–water partition coefficient (Wildman–Crippen LogP) is 7.13. The van der Waals surface area contributed by atoms with Crippen molar-refractivity contribution in [2.75, 3.05) is 0 Å². The molecule has 0 bridgehead atoms. The topological polar surface area (TPSA) is 75.7 Å². The van der Waals surface area contributed by atoms with Crippen molar-refractivity contribution >= 4 is 12.0 Å². The lowest BCUT2D eigenvalue weighted by molar-refractivity contribution is -0.161. The van der Waals surface area contributed by atoms with Gasteiger partial charge in [0, 0.05) is 22.3 Å². The quantitative estimate of drug-likeness (QED) is 0.257. The molecule has 5 nitrogen and oxygen atoms in total.